The molecule has 0 unspecified atom stereocenters. The van der Waals surface area contributed by atoms with Crippen molar-refractivity contribution >= 4 is 15.9 Å². The fraction of sp³-hybridized carbons (Fsp3) is 0.350. The van der Waals surface area contributed by atoms with Gasteiger partial charge in [-0.3, -0.25) is 4.79 Å². The molecule has 0 atom stereocenters. The summed E-state index contributed by atoms with van der Waals surface area (Å²) in [5, 5.41) is 2.71. The lowest BCUT2D eigenvalue weighted by Crippen LogP contribution is -2.41. The van der Waals surface area contributed by atoms with E-state index in [4.69, 9.17) is 0 Å². The fourth-order valence-electron chi connectivity index (χ4n) is 2.44. The van der Waals surface area contributed by atoms with E-state index in [1.54, 1.807) is 18.2 Å². The third-order valence-electron chi connectivity index (χ3n) is 3.99. The van der Waals surface area contributed by atoms with Gasteiger partial charge in [-0.1, -0.05) is 49.7 Å². The summed E-state index contributed by atoms with van der Waals surface area (Å²) in [6.07, 6.45) is 0. The fourth-order valence-corrected chi connectivity index (χ4v) is 3.81. The second-order valence-electron chi connectivity index (χ2n) is 6.88. The molecule has 2 rings (SSSR count). The van der Waals surface area contributed by atoms with E-state index >= 15 is 0 Å². The highest BCUT2D eigenvalue weighted by atomic mass is 32.2. The quantitative estimate of drug-likeness (QED) is 0.751. The maximum absolute atomic E-state index is 14.1. The second kappa shape index (κ2) is 9.10. The highest BCUT2D eigenvalue weighted by molar-refractivity contribution is 7.89. The molecule has 0 heterocycles. The predicted octanol–water partition coefficient (Wildman–Crippen LogP) is 3.10. The molecule has 0 aliphatic carbocycles. The van der Waals surface area contributed by atoms with E-state index in [0.717, 1.165) is 9.87 Å². The van der Waals surface area contributed by atoms with Gasteiger partial charge in [-0.05, 0) is 31.0 Å². The summed E-state index contributed by atoms with van der Waals surface area (Å²) in [4.78, 5) is 12.3. The summed E-state index contributed by atoms with van der Waals surface area (Å²) in [5.74, 6) is -0.692. The van der Waals surface area contributed by atoms with Crippen molar-refractivity contribution in [3.05, 3.63) is 65.5 Å². The summed E-state index contributed by atoms with van der Waals surface area (Å²) < 4.78 is 41.2. The number of hydrogen-bond donors (Lipinski definition) is 1. The number of nitrogens with zero attached hydrogens (tertiary/aromatic N) is 1. The van der Waals surface area contributed by atoms with Crippen molar-refractivity contribution in [1.82, 2.24) is 9.62 Å². The van der Waals surface area contributed by atoms with E-state index < -0.39 is 21.7 Å². The number of amides is 1. The molecule has 0 aromatic heterocycles. The zero-order valence-electron chi connectivity index (χ0n) is 15.8. The number of hydrogen-bond acceptors (Lipinski definition) is 3. The molecule has 0 aliphatic rings. The molecule has 1 N–H and O–H groups in total. The maximum atomic E-state index is 14.1. The zero-order valence-corrected chi connectivity index (χ0v) is 16.6. The average molecular weight is 392 g/mol. The number of nitrogens with one attached hydrogen (secondary N) is 1. The zero-order chi connectivity index (χ0) is 20.0. The molecule has 2 aromatic carbocycles. The Kier molecular flexibility index (Phi) is 7.10. The normalized spacial score (nSPS) is 11.8. The van der Waals surface area contributed by atoms with Crippen LogP contribution in [0.5, 0.6) is 0 Å². The van der Waals surface area contributed by atoms with Crippen LogP contribution in [0, 0.1) is 18.7 Å². The molecule has 5 nitrogen and oxygen atoms in total. The Balaban J connectivity index is 2.32. The van der Waals surface area contributed by atoms with Crippen LogP contribution in [0.15, 0.2) is 53.4 Å². The number of halogens is 1. The van der Waals surface area contributed by atoms with Gasteiger partial charge in [0.2, 0.25) is 15.9 Å². The summed E-state index contributed by atoms with van der Waals surface area (Å²) in [6.45, 7) is 5.58. The van der Waals surface area contributed by atoms with Gasteiger partial charge in [0, 0.05) is 18.7 Å². The van der Waals surface area contributed by atoms with Gasteiger partial charge in [0.15, 0.2) is 0 Å². The largest absolute Gasteiger partial charge is 0.355 e. The Morgan fingerprint density at radius 2 is 1.74 bits per heavy atom. The van der Waals surface area contributed by atoms with Crippen molar-refractivity contribution in [3.8, 4) is 0 Å². The van der Waals surface area contributed by atoms with Crippen molar-refractivity contribution in [2.24, 2.45) is 5.92 Å². The topological polar surface area (TPSA) is 66.5 Å². The molecule has 0 fully saturated rings. The van der Waals surface area contributed by atoms with Crippen LogP contribution < -0.4 is 5.32 Å². The first kappa shape index (κ1) is 21.1. The Bertz CT molecular complexity index is 880. The first-order chi connectivity index (χ1) is 12.7. The molecule has 0 spiro atoms. The van der Waals surface area contributed by atoms with Gasteiger partial charge in [-0.25, -0.2) is 12.8 Å². The van der Waals surface area contributed by atoms with Crippen molar-refractivity contribution in [1.29, 1.82) is 0 Å². The highest BCUT2D eigenvalue weighted by Crippen LogP contribution is 2.20. The Labute approximate surface area is 160 Å². The van der Waals surface area contributed by atoms with Crippen molar-refractivity contribution in [2.45, 2.75) is 32.2 Å². The van der Waals surface area contributed by atoms with Gasteiger partial charge in [-0.15, -0.1) is 0 Å². The summed E-state index contributed by atoms with van der Waals surface area (Å²) >= 11 is 0. The van der Waals surface area contributed by atoms with Gasteiger partial charge in [0.05, 0.1) is 11.4 Å². The Morgan fingerprint density at radius 1 is 1.11 bits per heavy atom. The molecule has 0 saturated heterocycles. The van der Waals surface area contributed by atoms with Crippen LogP contribution in [-0.2, 0) is 21.4 Å². The molecular formula is C20H25FN2O3S. The third kappa shape index (κ3) is 5.87. The van der Waals surface area contributed by atoms with Gasteiger partial charge in [-0.2, -0.15) is 4.31 Å². The second-order valence-corrected chi connectivity index (χ2v) is 8.81. The lowest BCUT2D eigenvalue weighted by atomic mass is 10.2. The lowest BCUT2D eigenvalue weighted by molar-refractivity contribution is -0.121. The van der Waals surface area contributed by atoms with Crippen LogP contribution in [0.25, 0.3) is 0 Å². The number of sulfonamides is 1. The first-order valence-electron chi connectivity index (χ1n) is 8.77. The minimum absolute atomic E-state index is 0.0705. The van der Waals surface area contributed by atoms with Gasteiger partial charge in [0.1, 0.15) is 5.82 Å². The van der Waals surface area contributed by atoms with Crippen molar-refractivity contribution < 1.29 is 17.6 Å². The highest BCUT2D eigenvalue weighted by Gasteiger charge is 2.27. The Morgan fingerprint density at radius 3 is 2.33 bits per heavy atom. The smallest absolute Gasteiger partial charge is 0.243 e. The van der Waals surface area contributed by atoms with E-state index in [1.807, 2.05) is 20.8 Å². The van der Waals surface area contributed by atoms with Crippen LogP contribution in [-0.4, -0.2) is 31.7 Å². The summed E-state index contributed by atoms with van der Waals surface area (Å²) in [6, 6.07) is 12.3. The van der Waals surface area contributed by atoms with Gasteiger partial charge >= 0.3 is 0 Å². The minimum atomic E-state index is -3.96. The summed E-state index contributed by atoms with van der Waals surface area (Å²) in [7, 11) is -3.96. The van der Waals surface area contributed by atoms with Crippen LogP contribution in [0.4, 0.5) is 4.39 Å². The van der Waals surface area contributed by atoms with E-state index in [0.29, 0.717) is 6.54 Å². The molecule has 0 bridgehead atoms. The van der Waals surface area contributed by atoms with Crippen molar-refractivity contribution in [3.63, 3.8) is 0 Å². The third-order valence-corrected chi connectivity index (χ3v) is 5.80. The SMILES string of the molecule is Cc1ccc(S(=O)(=O)N(CC(=O)NCC(C)C)Cc2ccccc2F)cc1. The van der Waals surface area contributed by atoms with Crippen LogP contribution in [0.2, 0.25) is 0 Å². The number of aryl methyl sites for hydroxylation is 1. The molecular weight excluding hydrogens is 367 g/mol. The minimum Gasteiger partial charge on any atom is -0.355 e. The van der Waals surface area contributed by atoms with E-state index in [9.17, 15) is 17.6 Å². The number of benzene rings is 2. The number of carbonyl (C=O) groups is 1. The first-order valence-corrected chi connectivity index (χ1v) is 10.2. The molecule has 0 aliphatic heterocycles. The average Bonchev–Trinajstić information content (AvgIpc) is 2.61. The van der Waals surface area contributed by atoms with Gasteiger partial charge in [0.25, 0.3) is 0 Å². The van der Waals surface area contributed by atoms with E-state index in [-0.39, 0.29) is 29.5 Å². The predicted molar refractivity (Wildman–Crippen MR) is 103 cm³/mol. The van der Waals surface area contributed by atoms with Crippen LogP contribution >= 0.6 is 0 Å². The molecule has 7 heteroatoms. The Hall–Kier alpha value is -2.25. The van der Waals surface area contributed by atoms with E-state index in [1.165, 1.54) is 30.3 Å². The maximum Gasteiger partial charge on any atom is 0.243 e. The molecule has 1 amide bonds. The van der Waals surface area contributed by atoms with Crippen LogP contribution in [0.1, 0.15) is 25.0 Å². The lowest BCUT2D eigenvalue weighted by Gasteiger charge is -2.22. The monoisotopic (exact) mass is 392 g/mol. The standard InChI is InChI=1S/C20H25FN2O3S/c1-15(2)12-22-20(24)14-23(13-17-6-4-5-7-19(17)21)27(25,26)18-10-8-16(3)9-11-18/h4-11,15H,12-14H2,1-3H3,(H,22,24). The van der Waals surface area contributed by atoms with Crippen LogP contribution in [0.3, 0.4) is 0 Å². The molecule has 0 radical (unpaired) electrons. The number of carbonyl (C=O) groups excluding carboxylic acids is 1. The number of rotatable bonds is 8. The summed E-state index contributed by atoms with van der Waals surface area (Å²) in [5.41, 5.74) is 1.13. The molecule has 2 aromatic rings. The molecule has 27 heavy (non-hydrogen) atoms. The molecule has 0 saturated carbocycles. The van der Waals surface area contributed by atoms with Crippen molar-refractivity contribution in [2.75, 3.05) is 13.1 Å². The van der Waals surface area contributed by atoms with Gasteiger partial charge < -0.3 is 5.32 Å². The van der Waals surface area contributed by atoms with E-state index in [2.05, 4.69) is 5.32 Å². The molecule has 146 valence electrons.